The van der Waals surface area contributed by atoms with Crippen LogP contribution in [0.4, 0.5) is 0 Å². The summed E-state index contributed by atoms with van der Waals surface area (Å²) < 4.78 is 0. The summed E-state index contributed by atoms with van der Waals surface area (Å²) in [6.07, 6.45) is 6.51. The van der Waals surface area contributed by atoms with E-state index < -0.39 is 0 Å². The average molecular weight is 211 g/mol. The molecule has 1 aliphatic heterocycles. The molecule has 0 aromatic heterocycles. The minimum atomic E-state index is 0.230. The number of carbonyl (C=O) groups is 1. The quantitative estimate of drug-likeness (QED) is 0.664. The second-order valence-corrected chi connectivity index (χ2v) is 4.64. The van der Waals surface area contributed by atoms with E-state index in [4.69, 9.17) is 0 Å². The van der Waals surface area contributed by atoms with E-state index in [0.717, 1.165) is 12.3 Å². The van der Waals surface area contributed by atoms with Gasteiger partial charge >= 0.3 is 0 Å². The Kier molecular flexibility index (Phi) is 4.78. The first-order valence-electron chi connectivity index (χ1n) is 6.42. The lowest BCUT2D eigenvalue weighted by Gasteiger charge is -2.30. The fraction of sp³-hybridized carbons (Fsp3) is 0.923. The van der Waals surface area contributed by atoms with Crippen LogP contribution >= 0.6 is 0 Å². The van der Waals surface area contributed by atoms with Crippen LogP contribution in [-0.4, -0.2) is 29.8 Å². The Morgan fingerprint density at radius 2 is 1.80 bits per heavy atom. The molecule has 0 unspecified atom stereocenters. The predicted molar refractivity (Wildman–Crippen MR) is 63.9 cm³/mol. The minimum absolute atomic E-state index is 0.230. The number of ketones is 1. The smallest absolute Gasteiger partial charge is 0.146 e. The molecule has 0 N–H and O–H groups in total. The fourth-order valence-electron chi connectivity index (χ4n) is 3.14. The molecule has 1 heterocycles. The maximum atomic E-state index is 11.4. The number of fused-ring (bicyclic) bond motifs is 1. The van der Waals surface area contributed by atoms with Crippen molar-refractivity contribution in [2.75, 3.05) is 7.05 Å². The summed E-state index contributed by atoms with van der Waals surface area (Å²) in [5.74, 6) is 1.17. The van der Waals surface area contributed by atoms with Gasteiger partial charge < -0.3 is 0 Å². The van der Waals surface area contributed by atoms with Crippen LogP contribution in [0, 0.1) is 5.92 Å². The van der Waals surface area contributed by atoms with Crippen LogP contribution in [0.25, 0.3) is 0 Å². The molecule has 0 aromatic rings. The van der Waals surface area contributed by atoms with Crippen molar-refractivity contribution in [3.63, 3.8) is 0 Å². The standard InChI is InChI=1S/C11H19NO.C2H6/c1-8(13)11-7-9-5-3-4-6-10(9)12(11)2;1-2/h9-11H,3-7H2,1-2H3;1-2H3/t9-,10-,11-;/m0./s1. The molecule has 15 heavy (non-hydrogen) atoms. The van der Waals surface area contributed by atoms with Crippen molar-refractivity contribution in [3.8, 4) is 0 Å². The lowest BCUT2D eigenvalue weighted by Crippen LogP contribution is -2.38. The normalized spacial score (nSPS) is 35.3. The molecule has 3 atom stereocenters. The number of rotatable bonds is 1. The summed E-state index contributed by atoms with van der Waals surface area (Å²) in [6.45, 7) is 5.73. The molecule has 2 fully saturated rings. The highest BCUT2D eigenvalue weighted by molar-refractivity contribution is 5.81. The molecule has 1 aliphatic carbocycles. The van der Waals surface area contributed by atoms with E-state index in [-0.39, 0.29) is 6.04 Å². The lowest BCUT2D eigenvalue weighted by atomic mass is 9.84. The third-order valence-corrected chi connectivity index (χ3v) is 3.88. The van der Waals surface area contributed by atoms with E-state index >= 15 is 0 Å². The van der Waals surface area contributed by atoms with Crippen molar-refractivity contribution in [1.29, 1.82) is 0 Å². The van der Waals surface area contributed by atoms with E-state index in [9.17, 15) is 4.79 Å². The molecule has 2 heteroatoms. The number of likely N-dealkylation sites (N-methyl/N-ethyl adjacent to an activating group) is 1. The summed E-state index contributed by atoms with van der Waals surface area (Å²) in [4.78, 5) is 13.7. The maximum Gasteiger partial charge on any atom is 0.146 e. The summed E-state index contributed by atoms with van der Waals surface area (Å²) in [5, 5.41) is 0. The molecule has 0 spiro atoms. The van der Waals surface area contributed by atoms with Gasteiger partial charge in [0, 0.05) is 6.04 Å². The van der Waals surface area contributed by atoms with Gasteiger partial charge in [-0.3, -0.25) is 9.69 Å². The van der Waals surface area contributed by atoms with E-state index in [0.29, 0.717) is 11.8 Å². The molecule has 1 saturated carbocycles. The summed E-state index contributed by atoms with van der Waals surface area (Å²) in [5.41, 5.74) is 0. The minimum Gasteiger partial charge on any atom is -0.298 e. The van der Waals surface area contributed by atoms with Crippen LogP contribution in [0.15, 0.2) is 0 Å². The zero-order valence-electron chi connectivity index (χ0n) is 10.6. The van der Waals surface area contributed by atoms with Gasteiger partial charge in [0.15, 0.2) is 0 Å². The molecule has 0 aromatic carbocycles. The van der Waals surface area contributed by atoms with Gasteiger partial charge in [0.25, 0.3) is 0 Å². The SMILES string of the molecule is CC.CC(=O)[C@@H]1C[C@@H]2CCCC[C@@H]2N1C. The van der Waals surface area contributed by atoms with Crippen LogP contribution in [0.3, 0.4) is 0 Å². The zero-order chi connectivity index (χ0) is 11.4. The van der Waals surface area contributed by atoms with E-state index in [1.807, 2.05) is 13.8 Å². The highest BCUT2D eigenvalue weighted by atomic mass is 16.1. The number of likely N-dealkylation sites (tertiary alicyclic amines) is 1. The van der Waals surface area contributed by atoms with Gasteiger partial charge in [-0.25, -0.2) is 0 Å². The highest BCUT2D eigenvalue weighted by Gasteiger charge is 2.41. The Hall–Kier alpha value is -0.370. The average Bonchev–Trinajstić information content (AvgIpc) is 2.60. The summed E-state index contributed by atoms with van der Waals surface area (Å²) >= 11 is 0. The zero-order valence-corrected chi connectivity index (χ0v) is 10.6. The van der Waals surface area contributed by atoms with Gasteiger partial charge in [0.1, 0.15) is 5.78 Å². The predicted octanol–water partition coefficient (Wildman–Crippen LogP) is 2.86. The molecule has 0 radical (unpaired) electrons. The number of hydrogen-bond acceptors (Lipinski definition) is 2. The number of hydrogen-bond donors (Lipinski definition) is 0. The molecule has 2 aliphatic rings. The van der Waals surface area contributed by atoms with Gasteiger partial charge in [-0.15, -0.1) is 0 Å². The number of carbonyl (C=O) groups excluding carboxylic acids is 1. The van der Waals surface area contributed by atoms with Crippen LogP contribution in [-0.2, 0) is 4.79 Å². The van der Waals surface area contributed by atoms with Crippen molar-refractivity contribution in [2.24, 2.45) is 5.92 Å². The topological polar surface area (TPSA) is 20.3 Å². The van der Waals surface area contributed by atoms with Gasteiger partial charge in [0.05, 0.1) is 6.04 Å². The highest BCUT2D eigenvalue weighted by Crippen LogP contribution is 2.38. The Bertz CT molecular complexity index is 215. The van der Waals surface area contributed by atoms with Crippen LogP contribution in [0.1, 0.15) is 52.9 Å². The lowest BCUT2D eigenvalue weighted by molar-refractivity contribution is -0.121. The molecule has 0 amide bonds. The van der Waals surface area contributed by atoms with Crippen molar-refractivity contribution < 1.29 is 4.79 Å². The van der Waals surface area contributed by atoms with Crippen molar-refractivity contribution >= 4 is 5.78 Å². The Balaban J connectivity index is 0.000000531. The Morgan fingerprint density at radius 3 is 2.33 bits per heavy atom. The van der Waals surface area contributed by atoms with Gasteiger partial charge in [-0.1, -0.05) is 26.7 Å². The first-order valence-corrected chi connectivity index (χ1v) is 6.42. The Labute approximate surface area is 94.0 Å². The maximum absolute atomic E-state index is 11.4. The largest absolute Gasteiger partial charge is 0.298 e. The van der Waals surface area contributed by atoms with E-state index in [2.05, 4.69) is 11.9 Å². The number of Topliss-reactive ketones (excluding diaryl/α,β-unsaturated/α-hetero) is 1. The van der Waals surface area contributed by atoms with Crippen molar-refractivity contribution in [3.05, 3.63) is 0 Å². The third kappa shape index (κ3) is 2.60. The molecular weight excluding hydrogens is 186 g/mol. The molecule has 1 saturated heterocycles. The van der Waals surface area contributed by atoms with E-state index in [1.165, 1.54) is 25.7 Å². The second kappa shape index (κ2) is 5.64. The molecule has 2 nitrogen and oxygen atoms in total. The monoisotopic (exact) mass is 211 g/mol. The molecule has 0 bridgehead atoms. The molecule has 88 valence electrons. The second-order valence-electron chi connectivity index (χ2n) is 4.64. The van der Waals surface area contributed by atoms with Gasteiger partial charge in [-0.05, 0) is 39.2 Å². The summed E-state index contributed by atoms with van der Waals surface area (Å²) in [7, 11) is 2.13. The van der Waals surface area contributed by atoms with Crippen LogP contribution < -0.4 is 0 Å². The first-order chi connectivity index (χ1) is 7.20. The Morgan fingerprint density at radius 1 is 1.20 bits per heavy atom. The molecule has 2 rings (SSSR count). The summed E-state index contributed by atoms with van der Waals surface area (Å²) in [6, 6.07) is 0.941. The first kappa shape index (κ1) is 12.7. The molecular formula is C13H25NO. The third-order valence-electron chi connectivity index (χ3n) is 3.88. The van der Waals surface area contributed by atoms with E-state index in [1.54, 1.807) is 6.92 Å². The number of nitrogens with zero attached hydrogens (tertiary/aromatic N) is 1. The van der Waals surface area contributed by atoms with Crippen LogP contribution in [0.2, 0.25) is 0 Å². The van der Waals surface area contributed by atoms with Gasteiger partial charge in [-0.2, -0.15) is 0 Å². The van der Waals surface area contributed by atoms with Gasteiger partial charge in [0.2, 0.25) is 0 Å². The van der Waals surface area contributed by atoms with Crippen molar-refractivity contribution in [1.82, 2.24) is 4.90 Å². The van der Waals surface area contributed by atoms with Crippen molar-refractivity contribution in [2.45, 2.75) is 65.0 Å². The van der Waals surface area contributed by atoms with Crippen LogP contribution in [0.5, 0.6) is 0 Å². The fourth-order valence-corrected chi connectivity index (χ4v) is 3.14.